The van der Waals surface area contributed by atoms with Crippen molar-refractivity contribution in [2.75, 3.05) is 0 Å². The molecule has 130 valence electrons. The number of amides is 1. The summed E-state index contributed by atoms with van der Waals surface area (Å²) in [6, 6.07) is 4.91. The molecule has 7 heteroatoms. The molecule has 0 aliphatic carbocycles. The number of nitrogens with zero attached hydrogens (tertiary/aromatic N) is 3. The number of alkyl halides is 3. The molecule has 0 unspecified atom stereocenters. The summed E-state index contributed by atoms with van der Waals surface area (Å²) in [5.74, 6) is -0.0539. The van der Waals surface area contributed by atoms with Gasteiger partial charge in [0.05, 0.1) is 23.7 Å². The lowest BCUT2D eigenvalue weighted by Gasteiger charge is -2.35. The molecule has 2 aliphatic rings. The van der Waals surface area contributed by atoms with Gasteiger partial charge in [0, 0.05) is 24.2 Å². The Kier molecular flexibility index (Phi) is 3.74. The maximum atomic E-state index is 12.8. The van der Waals surface area contributed by atoms with E-state index in [0.717, 1.165) is 36.2 Å². The second kappa shape index (κ2) is 5.82. The van der Waals surface area contributed by atoms with Crippen LogP contribution in [0.3, 0.4) is 0 Å². The smallest absolute Gasteiger partial charge is 0.332 e. The zero-order chi connectivity index (χ0) is 17.6. The number of rotatable bonds is 2. The summed E-state index contributed by atoms with van der Waals surface area (Å²) in [5.41, 5.74) is 1.89. The first-order chi connectivity index (χ1) is 11.9. The van der Waals surface area contributed by atoms with Crippen LogP contribution >= 0.6 is 0 Å². The molecule has 0 saturated carbocycles. The number of carbonyl (C=O) groups excluding carboxylic acids is 1. The number of carbonyl (C=O) groups is 1. The predicted molar refractivity (Wildman–Crippen MR) is 83.5 cm³/mol. The van der Waals surface area contributed by atoms with E-state index in [-0.39, 0.29) is 24.4 Å². The van der Waals surface area contributed by atoms with E-state index in [0.29, 0.717) is 12.0 Å². The fourth-order valence-electron chi connectivity index (χ4n) is 3.88. The Morgan fingerprint density at radius 2 is 1.96 bits per heavy atom. The van der Waals surface area contributed by atoms with E-state index >= 15 is 0 Å². The van der Waals surface area contributed by atoms with Crippen LogP contribution in [0.1, 0.15) is 41.3 Å². The minimum atomic E-state index is -4.36. The largest absolute Gasteiger partial charge is 0.416 e. The van der Waals surface area contributed by atoms with Crippen LogP contribution in [-0.2, 0) is 23.8 Å². The minimum absolute atomic E-state index is 0.0168. The van der Waals surface area contributed by atoms with Crippen LogP contribution in [0.2, 0.25) is 0 Å². The van der Waals surface area contributed by atoms with E-state index in [1.807, 2.05) is 4.90 Å². The average molecular weight is 347 g/mol. The molecule has 1 amide bonds. The number of hydrogen-bond donors (Lipinski definition) is 0. The second-order valence-corrected chi connectivity index (χ2v) is 6.55. The van der Waals surface area contributed by atoms with E-state index in [2.05, 4.69) is 9.97 Å². The lowest BCUT2D eigenvalue weighted by atomic mass is 9.98. The Morgan fingerprint density at radius 3 is 2.68 bits per heavy atom. The molecular weight excluding hydrogens is 331 g/mol. The molecule has 4 rings (SSSR count). The van der Waals surface area contributed by atoms with Crippen molar-refractivity contribution in [3.05, 3.63) is 59.2 Å². The number of benzene rings is 1. The molecule has 2 bridgehead atoms. The highest BCUT2D eigenvalue weighted by atomic mass is 19.4. The molecule has 1 aromatic carbocycles. The number of aromatic nitrogens is 2. The van der Waals surface area contributed by atoms with Crippen molar-refractivity contribution < 1.29 is 18.0 Å². The number of halogens is 3. The van der Waals surface area contributed by atoms with Crippen LogP contribution in [0.5, 0.6) is 0 Å². The predicted octanol–water partition coefficient (Wildman–Crippen LogP) is 3.33. The van der Waals surface area contributed by atoms with Crippen LogP contribution in [0.15, 0.2) is 36.8 Å². The van der Waals surface area contributed by atoms with E-state index in [1.165, 1.54) is 18.5 Å². The first-order valence-corrected chi connectivity index (χ1v) is 8.19. The van der Waals surface area contributed by atoms with Crippen LogP contribution in [0, 0.1) is 0 Å². The van der Waals surface area contributed by atoms with Crippen molar-refractivity contribution >= 4 is 5.91 Å². The van der Waals surface area contributed by atoms with E-state index in [1.54, 1.807) is 6.20 Å². The van der Waals surface area contributed by atoms with Crippen LogP contribution in [0.25, 0.3) is 0 Å². The molecule has 4 nitrogen and oxygen atoms in total. The topological polar surface area (TPSA) is 46.1 Å². The molecule has 1 aromatic heterocycles. The molecule has 0 spiro atoms. The van der Waals surface area contributed by atoms with Gasteiger partial charge in [-0.15, -0.1) is 0 Å². The molecule has 3 heterocycles. The highest BCUT2D eigenvalue weighted by Crippen LogP contribution is 2.43. The van der Waals surface area contributed by atoms with Crippen molar-refractivity contribution in [3.8, 4) is 0 Å². The van der Waals surface area contributed by atoms with Gasteiger partial charge in [-0.05, 0) is 30.5 Å². The number of hydrogen-bond acceptors (Lipinski definition) is 3. The van der Waals surface area contributed by atoms with Crippen molar-refractivity contribution in [1.29, 1.82) is 0 Å². The molecule has 1 fully saturated rings. The summed E-state index contributed by atoms with van der Waals surface area (Å²) < 4.78 is 37.9. The third-order valence-corrected chi connectivity index (χ3v) is 5.04. The van der Waals surface area contributed by atoms with E-state index in [4.69, 9.17) is 0 Å². The SMILES string of the molecule is O=C(Cc1ccc(C(F)(F)F)cc1)N1[C@H]2CC[C@H]1c1cncnc1C2. The summed E-state index contributed by atoms with van der Waals surface area (Å²) in [7, 11) is 0. The molecule has 0 N–H and O–H groups in total. The van der Waals surface area contributed by atoms with Gasteiger partial charge in [-0.3, -0.25) is 4.79 Å². The molecule has 2 aromatic rings. The summed E-state index contributed by atoms with van der Waals surface area (Å²) in [4.78, 5) is 23.0. The lowest BCUT2D eigenvalue weighted by Crippen LogP contribution is -2.43. The zero-order valence-electron chi connectivity index (χ0n) is 13.3. The third-order valence-electron chi connectivity index (χ3n) is 5.04. The molecule has 2 atom stereocenters. The van der Waals surface area contributed by atoms with Gasteiger partial charge in [0.2, 0.25) is 5.91 Å². The van der Waals surface area contributed by atoms with Gasteiger partial charge >= 0.3 is 6.18 Å². The Morgan fingerprint density at radius 1 is 1.20 bits per heavy atom. The van der Waals surface area contributed by atoms with Crippen LogP contribution < -0.4 is 0 Å². The maximum Gasteiger partial charge on any atom is 0.416 e. The van der Waals surface area contributed by atoms with Gasteiger partial charge in [0.1, 0.15) is 6.33 Å². The van der Waals surface area contributed by atoms with Gasteiger partial charge in [-0.25, -0.2) is 9.97 Å². The van der Waals surface area contributed by atoms with Crippen molar-refractivity contribution in [2.24, 2.45) is 0 Å². The minimum Gasteiger partial charge on any atom is -0.332 e. The van der Waals surface area contributed by atoms with Crippen molar-refractivity contribution in [1.82, 2.24) is 14.9 Å². The third kappa shape index (κ3) is 2.88. The second-order valence-electron chi connectivity index (χ2n) is 6.55. The zero-order valence-corrected chi connectivity index (χ0v) is 13.3. The van der Waals surface area contributed by atoms with E-state index < -0.39 is 11.7 Å². The highest BCUT2D eigenvalue weighted by Gasteiger charge is 2.43. The summed E-state index contributed by atoms with van der Waals surface area (Å²) in [5, 5.41) is 0. The lowest BCUT2D eigenvalue weighted by molar-refractivity contribution is -0.137. The van der Waals surface area contributed by atoms with Gasteiger partial charge in [-0.2, -0.15) is 13.2 Å². The molecule has 2 aliphatic heterocycles. The summed E-state index contributed by atoms with van der Waals surface area (Å²) >= 11 is 0. The molecular formula is C18H16F3N3O. The fourth-order valence-corrected chi connectivity index (χ4v) is 3.88. The van der Waals surface area contributed by atoms with E-state index in [9.17, 15) is 18.0 Å². The highest BCUT2D eigenvalue weighted by molar-refractivity contribution is 5.80. The summed E-state index contributed by atoms with van der Waals surface area (Å²) in [6.07, 6.45) is 1.55. The van der Waals surface area contributed by atoms with Gasteiger partial charge in [0.25, 0.3) is 0 Å². The monoisotopic (exact) mass is 347 g/mol. The van der Waals surface area contributed by atoms with Crippen LogP contribution in [-0.4, -0.2) is 26.8 Å². The Hall–Kier alpha value is -2.44. The summed E-state index contributed by atoms with van der Waals surface area (Å²) in [6.45, 7) is 0. The van der Waals surface area contributed by atoms with Crippen molar-refractivity contribution in [3.63, 3.8) is 0 Å². The Balaban J connectivity index is 1.53. The molecule has 25 heavy (non-hydrogen) atoms. The standard InChI is InChI=1S/C18H16F3N3O/c19-18(20,21)12-3-1-11(2-4-12)7-17(25)24-13-5-6-16(24)14-9-22-10-23-15(14)8-13/h1-4,9-10,13,16H,5-8H2/t13-,16-/m0/s1. The van der Waals surface area contributed by atoms with Gasteiger partial charge in [0.15, 0.2) is 0 Å². The number of fused-ring (bicyclic) bond motifs is 4. The van der Waals surface area contributed by atoms with Crippen molar-refractivity contribution in [2.45, 2.75) is 43.9 Å². The first kappa shape index (κ1) is 16.1. The molecule has 0 radical (unpaired) electrons. The van der Waals surface area contributed by atoms with Gasteiger partial charge < -0.3 is 4.90 Å². The van der Waals surface area contributed by atoms with Gasteiger partial charge in [-0.1, -0.05) is 12.1 Å². The quantitative estimate of drug-likeness (QED) is 0.837. The average Bonchev–Trinajstić information content (AvgIpc) is 2.90. The first-order valence-electron chi connectivity index (χ1n) is 8.19. The fraction of sp³-hybridized carbons (Fsp3) is 0.389. The normalized spacial score (nSPS) is 22.0. The molecule has 1 saturated heterocycles. The maximum absolute atomic E-state index is 12.8. The van der Waals surface area contributed by atoms with Crippen LogP contribution in [0.4, 0.5) is 13.2 Å². The Labute approximate surface area is 142 Å². The Bertz CT molecular complexity index is 804.